The van der Waals surface area contributed by atoms with Crippen LogP contribution in [0, 0.1) is 12.7 Å². The van der Waals surface area contributed by atoms with Crippen molar-refractivity contribution in [2.75, 3.05) is 11.4 Å². The molecule has 3 heterocycles. The largest absolute Gasteiger partial charge is 0.419 e. The highest BCUT2D eigenvalue weighted by molar-refractivity contribution is 6.08. The number of rotatable bonds is 4. The summed E-state index contributed by atoms with van der Waals surface area (Å²) in [4.78, 5) is 31.1. The van der Waals surface area contributed by atoms with Gasteiger partial charge in [-0.25, -0.2) is 4.39 Å². The Morgan fingerprint density at radius 2 is 1.94 bits per heavy atom. The van der Waals surface area contributed by atoms with Gasteiger partial charge in [0.2, 0.25) is 0 Å². The number of pyridine rings is 1. The summed E-state index contributed by atoms with van der Waals surface area (Å²) in [5.41, 5.74) is 0.335. The monoisotopic (exact) mass is 446 g/mol. The summed E-state index contributed by atoms with van der Waals surface area (Å²) in [7, 11) is 0. The molecule has 1 aromatic carbocycles. The average molecular weight is 446 g/mol. The molecule has 1 aliphatic rings. The fraction of sp³-hybridized carbons (Fsp3) is 0.273. The molecule has 4 rings (SSSR count). The Hall–Kier alpha value is -3.56. The molecule has 166 valence electrons. The molecule has 0 spiro atoms. The maximum Gasteiger partial charge on any atom is 0.419 e. The van der Waals surface area contributed by atoms with E-state index in [0.717, 1.165) is 11.6 Å². The van der Waals surface area contributed by atoms with E-state index in [2.05, 4.69) is 10.1 Å². The molecule has 1 aliphatic heterocycles. The molecule has 0 unspecified atom stereocenters. The fourth-order valence-corrected chi connectivity index (χ4v) is 3.76. The summed E-state index contributed by atoms with van der Waals surface area (Å²) < 4.78 is 54.3. The topological polar surface area (TPSA) is 68.1 Å². The molecular weight excluding hydrogens is 428 g/mol. The van der Waals surface area contributed by atoms with Gasteiger partial charge in [-0.1, -0.05) is 0 Å². The SMILES string of the molecule is Cc1cncc(C(=O)Cc2cnn3c2C(=O)N(c2ccc(C(F)(F)F)c(F)c2)C[C@@H]3C)c1. The van der Waals surface area contributed by atoms with Crippen LogP contribution in [0.2, 0.25) is 0 Å². The number of fused-ring (bicyclic) bond motifs is 1. The highest BCUT2D eigenvalue weighted by atomic mass is 19.4. The Bertz CT molecular complexity index is 1220. The lowest BCUT2D eigenvalue weighted by Crippen LogP contribution is -2.43. The highest BCUT2D eigenvalue weighted by Crippen LogP contribution is 2.35. The second-order valence-electron chi connectivity index (χ2n) is 7.74. The van der Waals surface area contributed by atoms with Gasteiger partial charge in [-0.2, -0.15) is 18.3 Å². The van der Waals surface area contributed by atoms with Crippen LogP contribution >= 0.6 is 0 Å². The smallest absolute Gasteiger partial charge is 0.305 e. The van der Waals surface area contributed by atoms with E-state index in [-0.39, 0.29) is 36.2 Å². The zero-order valence-electron chi connectivity index (χ0n) is 17.2. The van der Waals surface area contributed by atoms with Crippen molar-refractivity contribution in [1.82, 2.24) is 14.8 Å². The van der Waals surface area contributed by atoms with Crippen molar-refractivity contribution < 1.29 is 27.2 Å². The number of carbonyl (C=O) groups is 2. The maximum absolute atomic E-state index is 14.1. The van der Waals surface area contributed by atoms with E-state index in [1.165, 1.54) is 22.0 Å². The number of benzene rings is 1. The first kappa shape index (κ1) is 21.7. The van der Waals surface area contributed by atoms with Crippen molar-refractivity contribution in [2.24, 2.45) is 0 Å². The molecular formula is C22H18F4N4O2. The number of anilines is 1. The van der Waals surface area contributed by atoms with Gasteiger partial charge in [-0.15, -0.1) is 0 Å². The second kappa shape index (κ2) is 7.85. The highest BCUT2D eigenvalue weighted by Gasteiger charge is 2.37. The number of carbonyl (C=O) groups excluding carboxylic acids is 2. The number of aromatic nitrogens is 3. The molecule has 0 aliphatic carbocycles. The fourth-order valence-electron chi connectivity index (χ4n) is 3.76. The normalized spacial score (nSPS) is 16.2. The summed E-state index contributed by atoms with van der Waals surface area (Å²) in [6.45, 7) is 3.66. The third kappa shape index (κ3) is 3.88. The van der Waals surface area contributed by atoms with E-state index in [1.807, 2.05) is 0 Å². The molecule has 1 atom stereocenters. The number of halogens is 4. The lowest BCUT2D eigenvalue weighted by molar-refractivity contribution is -0.139. The van der Waals surface area contributed by atoms with E-state index in [9.17, 15) is 27.2 Å². The van der Waals surface area contributed by atoms with Crippen LogP contribution in [0.3, 0.4) is 0 Å². The number of alkyl halides is 3. The minimum atomic E-state index is -4.83. The van der Waals surface area contributed by atoms with Crippen LogP contribution < -0.4 is 4.90 Å². The van der Waals surface area contributed by atoms with Gasteiger partial charge in [0.05, 0.1) is 17.8 Å². The molecule has 2 aromatic heterocycles. The Morgan fingerprint density at radius 3 is 2.59 bits per heavy atom. The first-order valence-electron chi connectivity index (χ1n) is 9.76. The Labute approximate surface area is 180 Å². The van der Waals surface area contributed by atoms with Crippen LogP contribution in [0.25, 0.3) is 0 Å². The minimum absolute atomic E-state index is 0.0000364. The van der Waals surface area contributed by atoms with Crippen molar-refractivity contribution in [2.45, 2.75) is 32.5 Å². The van der Waals surface area contributed by atoms with Crippen LogP contribution in [0.15, 0.2) is 42.9 Å². The average Bonchev–Trinajstić information content (AvgIpc) is 3.14. The minimum Gasteiger partial charge on any atom is -0.305 e. The summed E-state index contributed by atoms with van der Waals surface area (Å²) >= 11 is 0. The van der Waals surface area contributed by atoms with Crippen molar-refractivity contribution >= 4 is 17.4 Å². The Balaban J connectivity index is 1.66. The van der Waals surface area contributed by atoms with Gasteiger partial charge in [0, 0.05) is 42.2 Å². The number of nitrogens with zero attached hydrogens (tertiary/aromatic N) is 4. The molecule has 1 amide bonds. The van der Waals surface area contributed by atoms with Crippen LogP contribution in [0.5, 0.6) is 0 Å². The number of aryl methyl sites for hydroxylation is 1. The third-order valence-electron chi connectivity index (χ3n) is 5.30. The zero-order valence-corrected chi connectivity index (χ0v) is 17.2. The molecule has 0 saturated heterocycles. The molecule has 0 fully saturated rings. The van der Waals surface area contributed by atoms with Crippen molar-refractivity contribution in [3.05, 3.63) is 76.6 Å². The predicted octanol–water partition coefficient (Wildman–Crippen LogP) is 4.39. The number of ketones is 1. The molecule has 0 N–H and O–H groups in total. The number of hydrogen-bond donors (Lipinski definition) is 0. The van der Waals surface area contributed by atoms with E-state index in [1.54, 1.807) is 26.1 Å². The van der Waals surface area contributed by atoms with Crippen LogP contribution in [-0.4, -0.2) is 33.0 Å². The lowest BCUT2D eigenvalue weighted by atomic mass is 10.0. The third-order valence-corrected chi connectivity index (χ3v) is 5.30. The molecule has 6 nitrogen and oxygen atoms in total. The van der Waals surface area contributed by atoms with Gasteiger partial charge in [0.1, 0.15) is 11.5 Å². The zero-order chi connectivity index (χ0) is 23.2. The van der Waals surface area contributed by atoms with Crippen LogP contribution in [0.1, 0.15) is 50.5 Å². The quantitative estimate of drug-likeness (QED) is 0.440. The maximum atomic E-state index is 14.1. The summed E-state index contributed by atoms with van der Waals surface area (Å²) in [5.74, 6) is -2.28. The van der Waals surface area contributed by atoms with Gasteiger partial charge in [-0.05, 0) is 43.7 Å². The van der Waals surface area contributed by atoms with Gasteiger partial charge in [0.15, 0.2) is 5.78 Å². The summed E-state index contributed by atoms with van der Waals surface area (Å²) in [5, 5.41) is 4.22. The van der Waals surface area contributed by atoms with Crippen molar-refractivity contribution in [3.8, 4) is 0 Å². The second-order valence-corrected chi connectivity index (χ2v) is 7.74. The Kier molecular flexibility index (Phi) is 5.31. The lowest BCUT2D eigenvalue weighted by Gasteiger charge is -2.32. The molecule has 10 heteroatoms. The number of amides is 1. The van der Waals surface area contributed by atoms with Gasteiger partial charge < -0.3 is 4.90 Å². The van der Waals surface area contributed by atoms with Gasteiger partial charge in [-0.3, -0.25) is 19.3 Å². The van der Waals surface area contributed by atoms with Crippen LogP contribution in [0.4, 0.5) is 23.2 Å². The van der Waals surface area contributed by atoms with Gasteiger partial charge in [0.25, 0.3) is 5.91 Å². The molecule has 3 aromatic rings. The first-order valence-corrected chi connectivity index (χ1v) is 9.76. The van der Waals surface area contributed by atoms with E-state index in [0.29, 0.717) is 23.3 Å². The number of Topliss-reactive ketones (excluding diaryl/α,β-unsaturated/α-hetero) is 1. The molecule has 0 bridgehead atoms. The van der Waals surface area contributed by atoms with Crippen molar-refractivity contribution in [1.29, 1.82) is 0 Å². The standard InChI is InChI=1S/C22H18F4N4O2/c1-12-5-14(9-27-8-12)19(31)6-15-10-28-30-13(2)11-29(21(32)20(15)30)16-3-4-17(18(23)7-16)22(24,25)26/h3-5,7-10,13H,6,11H2,1-2H3/t13-/m0/s1. The van der Waals surface area contributed by atoms with E-state index >= 15 is 0 Å². The summed E-state index contributed by atoms with van der Waals surface area (Å²) in [6, 6.07) is 3.73. The van der Waals surface area contributed by atoms with Crippen LogP contribution in [-0.2, 0) is 12.6 Å². The molecule has 32 heavy (non-hydrogen) atoms. The Morgan fingerprint density at radius 1 is 1.19 bits per heavy atom. The predicted molar refractivity (Wildman–Crippen MR) is 107 cm³/mol. The van der Waals surface area contributed by atoms with E-state index < -0.39 is 23.5 Å². The first-order chi connectivity index (χ1) is 15.1. The van der Waals surface area contributed by atoms with Crippen molar-refractivity contribution in [3.63, 3.8) is 0 Å². The summed E-state index contributed by atoms with van der Waals surface area (Å²) in [6.07, 6.45) is -0.452. The number of hydrogen-bond acceptors (Lipinski definition) is 4. The molecule has 0 radical (unpaired) electrons. The molecule has 0 saturated carbocycles. The van der Waals surface area contributed by atoms with E-state index in [4.69, 9.17) is 0 Å². The van der Waals surface area contributed by atoms with Gasteiger partial charge >= 0.3 is 6.18 Å².